The number of guanidine groups is 1. The van der Waals surface area contributed by atoms with Gasteiger partial charge in [-0.25, -0.2) is 9.97 Å². The fraction of sp³-hybridized carbons (Fsp3) is 0.667. The molecule has 0 radical (unpaired) electrons. The lowest BCUT2D eigenvalue weighted by Crippen LogP contribution is -2.52. The van der Waals surface area contributed by atoms with Gasteiger partial charge in [-0.2, -0.15) is 4.37 Å². The number of rotatable bonds is 7. The number of aryl methyl sites for hydroxylation is 3. The molecule has 9 heteroatoms. The minimum atomic E-state index is 0.898. The van der Waals surface area contributed by atoms with Crippen molar-refractivity contribution < 1.29 is 0 Å². The second-order valence-electron chi connectivity index (χ2n) is 6.63. The number of hydrogen-bond acceptors (Lipinski definition) is 7. The van der Waals surface area contributed by atoms with Gasteiger partial charge in [-0.1, -0.05) is 6.92 Å². The van der Waals surface area contributed by atoms with Crippen molar-refractivity contribution in [2.24, 2.45) is 4.99 Å². The largest absolute Gasteiger partial charge is 0.356 e. The molecule has 3 heterocycles. The number of aliphatic imine (C=N–C) groups is 1. The Bertz CT molecular complexity index is 732. The number of anilines is 1. The van der Waals surface area contributed by atoms with Crippen molar-refractivity contribution in [1.82, 2.24) is 24.6 Å². The number of piperazine rings is 1. The summed E-state index contributed by atoms with van der Waals surface area (Å²) in [7, 11) is 1.87. The van der Waals surface area contributed by atoms with Crippen LogP contribution in [0.25, 0.3) is 0 Å². The van der Waals surface area contributed by atoms with Crippen LogP contribution >= 0.6 is 22.9 Å². The van der Waals surface area contributed by atoms with Gasteiger partial charge >= 0.3 is 0 Å². The molecule has 2 aromatic heterocycles. The van der Waals surface area contributed by atoms with Crippen molar-refractivity contribution in [1.29, 1.82) is 0 Å². The summed E-state index contributed by atoms with van der Waals surface area (Å²) >= 11 is 3.28. The summed E-state index contributed by atoms with van der Waals surface area (Å²) < 4.78 is 4.40. The van der Waals surface area contributed by atoms with E-state index >= 15 is 0 Å². The highest BCUT2D eigenvalue weighted by atomic mass is 32.1. The quantitative estimate of drug-likeness (QED) is 0.432. The van der Waals surface area contributed by atoms with Crippen molar-refractivity contribution in [2.45, 2.75) is 39.5 Å². The highest BCUT2D eigenvalue weighted by Crippen LogP contribution is 2.19. The van der Waals surface area contributed by atoms with Crippen molar-refractivity contribution in [3.63, 3.8) is 0 Å². The first kappa shape index (κ1) is 20.0. The molecule has 1 fully saturated rings. The molecule has 0 atom stereocenters. The van der Waals surface area contributed by atoms with E-state index in [9.17, 15) is 0 Å². The number of unbranched alkanes of at least 4 members (excludes halogenated alkanes) is 1. The van der Waals surface area contributed by atoms with Gasteiger partial charge in [0.05, 0.1) is 5.01 Å². The van der Waals surface area contributed by atoms with E-state index in [0.29, 0.717) is 0 Å². The minimum Gasteiger partial charge on any atom is -0.356 e. The van der Waals surface area contributed by atoms with Crippen LogP contribution in [-0.4, -0.2) is 65.0 Å². The fourth-order valence-electron chi connectivity index (χ4n) is 3.08. The van der Waals surface area contributed by atoms with Crippen LogP contribution in [-0.2, 0) is 12.8 Å². The first-order valence-corrected chi connectivity index (χ1v) is 11.3. The molecule has 0 bridgehead atoms. The normalized spacial score (nSPS) is 15.4. The zero-order chi connectivity index (χ0) is 19.1. The van der Waals surface area contributed by atoms with E-state index < -0.39 is 0 Å². The molecule has 1 saturated heterocycles. The summed E-state index contributed by atoms with van der Waals surface area (Å²) in [5.41, 5.74) is 1.13. The summed E-state index contributed by atoms with van der Waals surface area (Å²) in [5.74, 6) is 1.95. The van der Waals surface area contributed by atoms with E-state index in [1.807, 2.05) is 7.05 Å². The predicted octanol–water partition coefficient (Wildman–Crippen LogP) is 2.59. The van der Waals surface area contributed by atoms with Crippen LogP contribution in [0.2, 0.25) is 0 Å². The average Bonchev–Trinajstić information content (AvgIpc) is 3.34. The van der Waals surface area contributed by atoms with Crippen LogP contribution in [0.5, 0.6) is 0 Å². The molecule has 3 rings (SSSR count). The number of thiazole rings is 1. The molecule has 2 aromatic rings. The maximum atomic E-state index is 4.60. The standard InChI is InChI=1S/C18H29N7S2/c1-4-15-22-18(27-23-15)25-11-9-24(10-12-25)17(19-3)20-8-6-5-7-16-21-14(2)13-26-16/h13H,4-12H2,1-3H3,(H,19,20). The maximum Gasteiger partial charge on any atom is 0.205 e. The van der Waals surface area contributed by atoms with Crippen LogP contribution in [0.1, 0.15) is 36.3 Å². The Kier molecular flexibility index (Phi) is 7.40. The molecule has 0 amide bonds. The van der Waals surface area contributed by atoms with Crippen LogP contribution in [0.3, 0.4) is 0 Å². The van der Waals surface area contributed by atoms with E-state index in [1.54, 1.807) is 11.3 Å². The lowest BCUT2D eigenvalue weighted by Gasteiger charge is -2.36. The lowest BCUT2D eigenvalue weighted by molar-refractivity contribution is 0.372. The lowest BCUT2D eigenvalue weighted by atomic mass is 10.2. The van der Waals surface area contributed by atoms with Crippen molar-refractivity contribution in [3.05, 3.63) is 21.9 Å². The van der Waals surface area contributed by atoms with Crippen LogP contribution in [0.4, 0.5) is 5.13 Å². The molecule has 0 aromatic carbocycles. The number of nitrogens with one attached hydrogen (secondary N) is 1. The summed E-state index contributed by atoms with van der Waals surface area (Å²) in [6.07, 6.45) is 4.25. The van der Waals surface area contributed by atoms with E-state index in [0.717, 1.165) is 81.0 Å². The number of hydrogen-bond donors (Lipinski definition) is 1. The van der Waals surface area contributed by atoms with E-state index in [-0.39, 0.29) is 0 Å². The topological polar surface area (TPSA) is 69.5 Å². The van der Waals surface area contributed by atoms with Gasteiger partial charge in [-0.15, -0.1) is 11.3 Å². The molecular weight excluding hydrogens is 378 g/mol. The molecular formula is C18H29N7S2. The molecule has 0 aliphatic carbocycles. The van der Waals surface area contributed by atoms with Crippen molar-refractivity contribution in [3.8, 4) is 0 Å². The average molecular weight is 408 g/mol. The Hall–Kier alpha value is -1.74. The molecule has 0 unspecified atom stereocenters. The molecule has 27 heavy (non-hydrogen) atoms. The summed E-state index contributed by atoms with van der Waals surface area (Å²) in [6.45, 7) is 8.94. The Morgan fingerprint density at radius 3 is 2.67 bits per heavy atom. The minimum absolute atomic E-state index is 0.898. The molecule has 1 aliphatic rings. The van der Waals surface area contributed by atoms with E-state index in [4.69, 9.17) is 0 Å². The summed E-state index contributed by atoms with van der Waals surface area (Å²) in [5, 5.41) is 7.93. The smallest absolute Gasteiger partial charge is 0.205 e. The molecule has 1 N–H and O–H groups in total. The van der Waals surface area contributed by atoms with Gasteiger partial charge in [0.25, 0.3) is 0 Å². The third-order valence-electron chi connectivity index (χ3n) is 4.60. The van der Waals surface area contributed by atoms with Gasteiger partial charge in [-0.3, -0.25) is 4.99 Å². The third kappa shape index (κ3) is 5.62. The highest BCUT2D eigenvalue weighted by Gasteiger charge is 2.21. The first-order valence-electron chi connectivity index (χ1n) is 9.63. The van der Waals surface area contributed by atoms with E-state index in [1.165, 1.54) is 16.5 Å². The second kappa shape index (κ2) is 9.98. The monoisotopic (exact) mass is 407 g/mol. The van der Waals surface area contributed by atoms with Crippen LogP contribution in [0, 0.1) is 6.92 Å². The van der Waals surface area contributed by atoms with Gasteiger partial charge in [0.1, 0.15) is 5.82 Å². The Morgan fingerprint density at radius 2 is 2.04 bits per heavy atom. The van der Waals surface area contributed by atoms with Gasteiger partial charge < -0.3 is 15.1 Å². The van der Waals surface area contributed by atoms with Gasteiger partial charge in [-0.05, 0) is 26.2 Å². The maximum absolute atomic E-state index is 4.60. The molecule has 0 spiro atoms. The van der Waals surface area contributed by atoms with Gasteiger partial charge in [0, 0.05) is 68.8 Å². The van der Waals surface area contributed by atoms with Crippen molar-refractivity contribution >= 4 is 34.0 Å². The summed E-state index contributed by atoms with van der Waals surface area (Å²) in [4.78, 5) is 18.3. The Balaban J connectivity index is 1.37. The van der Waals surface area contributed by atoms with Gasteiger partial charge in [0.15, 0.2) is 5.96 Å². The number of aromatic nitrogens is 3. The van der Waals surface area contributed by atoms with Crippen LogP contribution in [0.15, 0.2) is 10.4 Å². The molecule has 7 nitrogen and oxygen atoms in total. The van der Waals surface area contributed by atoms with Crippen LogP contribution < -0.4 is 10.2 Å². The highest BCUT2D eigenvalue weighted by molar-refractivity contribution is 7.09. The molecule has 0 saturated carbocycles. The summed E-state index contributed by atoms with van der Waals surface area (Å²) in [6, 6.07) is 0. The molecule has 1 aliphatic heterocycles. The third-order valence-corrected chi connectivity index (χ3v) is 6.44. The predicted molar refractivity (Wildman–Crippen MR) is 114 cm³/mol. The zero-order valence-electron chi connectivity index (χ0n) is 16.4. The van der Waals surface area contributed by atoms with Crippen molar-refractivity contribution in [2.75, 3.05) is 44.7 Å². The number of nitrogens with zero attached hydrogens (tertiary/aromatic N) is 6. The Labute approximate surface area is 169 Å². The Morgan fingerprint density at radius 1 is 1.22 bits per heavy atom. The first-order chi connectivity index (χ1) is 13.2. The zero-order valence-corrected chi connectivity index (χ0v) is 18.1. The SMILES string of the molecule is CCc1nsc(N2CCN(C(=NC)NCCCCc3nc(C)cs3)CC2)n1. The van der Waals surface area contributed by atoms with E-state index in [2.05, 4.69) is 53.7 Å². The second-order valence-corrected chi connectivity index (χ2v) is 8.31. The fourth-order valence-corrected chi connectivity index (χ4v) is 4.70. The molecule has 148 valence electrons. The van der Waals surface area contributed by atoms with Gasteiger partial charge in [0.2, 0.25) is 5.13 Å².